The van der Waals surface area contributed by atoms with Crippen LogP contribution in [0.15, 0.2) is 48.0 Å². The molecule has 7 nitrogen and oxygen atoms in total. The van der Waals surface area contributed by atoms with E-state index in [0.717, 1.165) is 60.5 Å². The van der Waals surface area contributed by atoms with E-state index in [1.54, 1.807) is 6.92 Å². The van der Waals surface area contributed by atoms with Gasteiger partial charge in [0, 0.05) is 30.8 Å². The second-order valence-corrected chi connectivity index (χ2v) is 9.44. The van der Waals surface area contributed by atoms with Gasteiger partial charge in [0.2, 0.25) is 0 Å². The highest BCUT2D eigenvalue weighted by Gasteiger charge is 2.43. The first-order chi connectivity index (χ1) is 18.0. The Kier molecular flexibility index (Phi) is 9.61. The maximum absolute atomic E-state index is 12.4. The third-order valence-electron chi connectivity index (χ3n) is 6.67. The summed E-state index contributed by atoms with van der Waals surface area (Å²) >= 11 is 0. The van der Waals surface area contributed by atoms with E-state index >= 15 is 0 Å². The van der Waals surface area contributed by atoms with Crippen LogP contribution in [0, 0.1) is 0 Å². The highest BCUT2D eigenvalue weighted by Crippen LogP contribution is 2.37. The Morgan fingerprint density at radius 1 is 1.03 bits per heavy atom. The lowest BCUT2D eigenvalue weighted by atomic mass is 10.00. The molecule has 2 aromatic rings. The van der Waals surface area contributed by atoms with E-state index in [0.29, 0.717) is 45.2 Å². The van der Waals surface area contributed by atoms with Crippen LogP contribution < -0.4 is 9.64 Å². The Hall–Kier alpha value is -2.87. The van der Waals surface area contributed by atoms with E-state index < -0.39 is 5.79 Å². The number of nitrogens with zero attached hydrogens (tertiary/aromatic N) is 1. The molecule has 0 bridgehead atoms. The third-order valence-corrected chi connectivity index (χ3v) is 6.67. The quantitative estimate of drug-likeness (QED) is 0.214. The summed E-state index contributed by atoms with van der Waals surface area (Å²) < 4.78 is 28.5. The molecule has 0 unspecified atom stereocenters. The molecular formula is C30H39NO6. The fourth-order valence-corrected chi connectivity index (χ4v) is 4.68. The van der Waals surface area contributed by atoms with Gasteiger partial charge in [-0.25, -0.2) is 4.79 Å². The molecule has 2 heterocycles. The number of esters is 1. The number of anilines is 1. The molecule has 0 aromatic heterocycles. The van der Waals surface area contributed by atoms with Crippen LogP contribution in [-0.2, 0) is 23.7 Å². The average molecular weight is 510 g/mol. The summed E-state index contributed by atoms with van der Waals surface area (Å²) in [6.07, 6.45) is 4.93. The van der Waals surface area contributed by atoms with E-state index in [9.17, 15) is 4.79 Å². The number of rotatable bonds is 12. The summed E-state index contributed by atoms with van der Waals surface area (Å²) in [5.74, 6) is -0.0109. The summed E-state index contributed by atoms with van der Waals surface area (Å²) in [6.45, 7) is 10.8. The van der Waals surface area contributed by atoms with Gasteiger partial charge in [0.1, 0.15) is 12.4 Å². The number of hydrogen-bond donors (Lipinski definition) is 0. The molecule has 0 saturated carbocycles. The molecule has 0 amide bonds. The van der Waals surface area contributed by atoms with Crippen LogP contribution in [-0.4, -0.2) is 64.5 Å². The van der Waals surface area contributed by atoms with Crippen molar-refractivity contribution in [2.24, 2.45) is 0 Å². The molecule has 37 heavy (non-hydrogen) atoms. The molecule has 2 saturated heterocycles. The summed E-state index contributed by atoms with van der Waals surface area (Å²) in [4.78, 5) is 14.6. The fraction of sp³-hybridized carbons (Fsp3) is 0.500. The zero-order valence-corrected chi connectivity index (χ0v) is 22.3. The average Bonchev–Trinajstić information content (AvgIpc) is 3.56. The van der Waals surface area contributed by atoms with E-state index in [1.165, 1.54) is 0 Å². The monoisotopic (exact) mass is 509 g/mol. The van der Waals surface area contributed by atoms with Crippen molar-refractivity contribution in [2.75, 3.05) is 57.6 Å². The van der Waals surface area contributed by atoms with E-state index in [1.807, 2.05) is 25.1 Å². The van der Waals surface area contributed by atoms with Crippen molar-refractivity contribution in [1.29, 1.82) is 0 Å². The van der Waals surface area contributed by atoms with Gasteiger partial charge in [0.15, 0.2) is 5.79 Å². The lowest BCUT2D eigenvalue weighted by Gasteiger charge is -2.25. The van der Waals surface area contributed by atoms with E-state index in [2.05, 4.69) is 42.2 Å². The molecule has 2 aliphatic heterocycles. The summed E-state index contributed by atoms with van der Waals surface area (Å²) in [5, 5.41) is 0. The number of benzene rings is 2. The predicted molar refractivity (Wildman–Crippen MR) is 145 cm³/mol. The molecule has 0 aliphatic carbocycles. The van der Waals surface area contributed by atoms with Crippen molar-refractivity contribution in [2.45, 2.75) is 45.8 Å². The molecule has 1 spiro atoms. The normalized spacial score (nSPS) is 16.9. The highest BCUT2D eigenvalue weighted by molar-refractivity contribution is 5.94. The molecule has 200 valence electrons. The SMILES string of the molecule is CCCCOCCOc1ccc(-c2ccc(N3CCC4(C3)OCCO4)c(C=C(C)C(=O)OCC)c2)cc1. The molecule has 2 aliphatic rings. The minimum Gasteiger partial charge on any atom is -0.491 e. The number of ether oxygens (including phenoxy) is 5. The van der Waals surface area contributed by atoms with Crippen molar-refractivity contribution in [3.05, 3.63) is 53.6 Å². The lowest BCUT2D eigenvalue weighted by Crippen LogP contribution is -2.34. The van der Waals surface area contributed by atoms with Gasteiger partial charge < -0.3 is 28.6 Å². The van der Waals surface area contributed by atoms with Gasteiger partial charge in [-0.3, -0.25) is 0 Å². The molecule has 2 fully saturated rings. The molecule has 4 rings (SSSR count). The van der Waals surface area contributed by atoms with Crippen LogP contribution in [0.1, 0.15) is 45.6 Å². The summed E-state index contributed by atoms with van der Waals surface area (Å²) in [5.41, 5.74) is 4.70. The number of carbonyl (C=O) groups is 1. The molecule has 0 N–H and O–H groups in total. The van der Waals surface area contributed by atoms with Gasteiger partial charge in [-0.05, 0) is 67.3 Å². The highest BCUT2D eigenvalue weighted by atomic mass is 16.7. The Bertz CT molecular complexity index is 1060. The van der Waals surface area contributed by atoms with E-state index in [4.69, 9.17) is 23.7 Å². The number of unbranched alkanes of at least 4 members (excludes halogenated alkanes) is 1. The maximum atomic E-state index is 12.4. The van der Waals surface area contributed by atoms with Gasteiger partial charge in [-0.1, -0.05) is 31.5 Å². The van der Waals surface area contributed by atoms with Crippen molar-refractivity contribution in [3.63, 3.8) is 0 Å². The van der Waals surface area contributed by atoms with Crippen molar-refractivity contribution in [1.82, 2.24) is 0 Å². The standard InChI is InChI=1S/C30H39NO6/c1-4-6-15-33-16-17-35-27-10-7-24(8-11-27)25-9-12-28(26(21-25)20-23(3)29(32)34-5-2)31-14-13-30(22-31)36-18-19-37-30/h7-12,20-21H,4-6,13-19,22H2,1-3H3. The Morgan fingerprint density at radius 2 is 1.78 bits per heavy atom. The van der Waals surface area contributed by atoms with Gasteiger partial charge in [0.25, 0.3) is 0 Å². The topological polar surface area (TPSA) is 66.5 Å². The summed E-state index contributed by atoms with van der Waals surface area (Å²) in [7, 11) is 0. The van der Waals surface area contributed by atoms with Gasteiger partial charge in [-0.15, -0.1) is 0 Å². The predicted octanol–water partition coefficient (Wildman–Crippen LogP) is 5.47. The largest absolute Gasteiger partial charge is 0.491 e. The second-order valence-electron chi connectivity index (χ2n) is 9.44. The van der Waals surface area contributed by atoms with Crippen molar-refractivity contribution >= 4 is 17.7 Å². The fourth-order valence-electron chi connectivity index (χ4n) is 4.68. The smallest absolute Gasteiger partial charge is 0.333 e. The van der Waals surface area contributed by atoms with Crippen molar-refractivity contribution < 1.29 is 28.5 Å². The third kappa shape index (κ3) is 7.12. The van der Waals surface area contributed by atoms with Crippen LogP contribution in [0.3, 0.4) is 0 Å². The Morgan fingerprint density at radius 3 is 2.51 bits per heavy atom. The zero-order valence-electron chi connectivity index (χ0n) is 22.3. The molecular weight excluding hydrogens is 470 g/mol. The first-order valence-electron chi connectivity index (χ1n) is 13.4. The Balaban J connectivity index is 1.51. The molecule has 2 aromatic carbocycles. The van der Waals surface area contributed by atoms with Crippen molar-refractivity contribution in [3.8, 4) is 16.9 Å². The molecule has 7 heteroatoms. The van der Waals surface area contributed by atoms with Crippen LogP contribution in [0.4, 0.5) is 5.69 Å². The zero-order chi connectivity index (χ0) is 26.1. The van der Waals surface area contributed by atoms with Crippen LogP contribution in [0.25, 0.3) is 17.2 Å². The van der Waals surface area contributed by atoms with E-state index in [-0.39, 0.29) is 5.97 Å². The number of carbonyl (C=O) groups excluding carboxylic acids is 1. The van der Waals surface area contributed by atoms with Gasteiger partial charge in [-0.2, -0.15) is 0 Å². The first kappa shape index (κ1) is 27.2. The number of hydrogen-bond acceptors (Lipinski definition) is 7. The minimum absolute atomic E-state index is 0.306. The van der Waals surface area contributed by atoms with Crippen LogP contribution in [0.5, 0.6) is 5.75 Å². The maximum Gasteiger partial charge on any atom is 0.333 e. The lowest BCUT2D eigenvalue weighted by molar-refractivity contribution is -0.138. The van der Waals surface area contributed by atoms with Crippen LogP contribution in [0.2, 0.25) is 0 Å². The van der Waals surface area contributed by atoms with Crippen LogP contribution >= 0.6 is 0 Å². The van der Waals surface area contributed by atoms with Gasteiger partial charge in [0.05, 0.1) is 33.0 Å². The molecule has 0 atom stereocenters. The molecule has 0 radical (unpaired) electrons. The second kappa shape index (κ2) is 13.1. The minimum atomic E-state index is -0.521. The Labute approximate surface area is 220 Å². The summed E-state index contributed by atoms with van der Waals surface area (Å²) in [6, 6.07) is 14.4. The van der Waals surface area contributed by atoms with Gasteiger partial charge >= 0.3 is 5.97 Å². The first-order valence-corrected chi connectivity index (χ1v) is 13.4.